The Kier molecular flexibility index (Phi) is 5.80. The Morgan fingerprint density at radius 3 is 2.35 bits per heavy atom. The SMILES string of the molecule is COC(=O)[C@H]1CCN(C)CC[C@H]1NC(=O)OC(C)(C)C. The van der Waals surface area contributed by atoms with Crippen LogP contribution >= 0.6 is 0 Å². The summed E-state index contributed by atoms with van der Waals surface area (Å²) in [6.07, 6.45) is 0.889. The zero-order valence-electron chi connectivity index (χ0n) is 13.1. The second-order valence-corrected chi connectivity index (χ2v) is 6.26. The van der Waals surface area contributed by atoms with Gasteiger partial charge in [0.25, 0.3) is 0 Å². The quantitative estimate of drug-likeness (QED) is 0.777. The molecule has 0 unspecified atom stereocenters. The lowest BCUT2D eigenvalue weighted by Crippen LogP contribution is -2.45. The summed E-state index contributed by atoms with van der Waals surface area (Å²) < 4.78 is 10.1. The summed E-state index contributed by atoms with van der Waals surface area (Å²) in [5.41, 5.74) is -0.549. The minimum Gasteiger partial charge on any atom is -0.469 e. The van der Waals surface area contributed by atoms with E-state index in [1.165, 1.54) is 7.11 Å². The van der Waals surface area contributed by atoms with Gasteiger partial charge >= 0.3 is 12.1 Å². The third-order valence-electron chi connectivity index (χ3n) is 3.34. The van der Waals surface area contributed by atoms with Crippen molar-refractivity contribution in [3.63, 3.8) is 0 Å². The molecule has 0 aromatic carbocycles. The molecule has 0 aromatic rings. The van der Waals surface area contributed by atoms with E-state index in [1.54, 1.807) is 0 Å². The molecule has 0 spiro atoms. The van der Waals surface area contributed by atoms with Crippen molar-refractivity contribution in [2.75, 3.05) is 27.2 Å². The van der Waals surface area contributed by atoms with E-state index in [0.717, 1.165) is 13.1 Å². The van der Waals surface area contributed by atoms with E-state index >= 15 is 0 Å². The summed E-state index contributed by atoms with van der Waals surface area (Å²) in [5, 5.41) is 2.81. The molecule has 1 saturated heterocycles. The summed E-state index contributed by atoms with van der Waals surface area (Å²) in [7, 11) is 3.38. The fourth-order valence-corrected chi connectivity index (χ4v) is 2.30. The Morgan fingerprint density at radius 1 is 1.20 bits per heavy atom. The molecular formula is C14H26N2O4. The number of likely N-dealkylation sites (tertiary alicyclic amines) is 1. The molecule has 20 heavy (non-hydrogen) atoms. The van der Waals surface area contributed by atoms with Crippen LogP contribution in [0, 0.1) is 5.92 Å². The van der Waals surface area contributed by atoms with Gasteiger partial charge < -0.3 is 19.7 Å². The largest absolute Gasteiger partial charge is 0.469 e. The van der Waals surface area contributed by atoms with E-state index in [2.05, 4.69) is 10.2 Å². The first-order chi connectivity index (χ1) is 9.23. The summed E-state index contributed by atoms with van der Waals surface area (Å²) in [4.78, 5) is 25.9. The lowest BCUT2D eigenvalue weighted by atomic mass is 9.95. The van der Waals surface area contributed by atoms with Crippen LogP contribution in [-0.2, 0) is 14.3 Å². The summed E-state index contributed by atoms with van der Waals surface area (Å²) in [6, 6.07) is -0.248. The average molecular weight is 286 g/mol. The molecule has 1 rings (SSSR count). The van der Waals surface area contributed by atoms with Crippen molar-refractivity contribution in [2.24, 2.45) is 5.92 Å². The van der Waals surface area contributed by atoms with Crippen molar-refractivity contribution in [1.29, 1.82) is 0 Å². The number of esters is 1. The van der Waals surface area contributed by atoms with E-state index in [-0.39, 0.29) is 17.9 Å². The highest BCUT2D eigenvalue weighted by atomic mass is 16.6. The van der Waals surface area contributed by atoms with Crippen molar-refractivity contribution in [3.8, 4) is 0 Å². The molecule has 1 aliphatic heterocycles. The van der Waals surface area contributed by atoms with E-state index in [9.17, 15) is 9.59 Å². The molecule has 1 fully saturated rings. The first-order valence-electron chi connectivity index (χ1n) is 6.99. The minimum absolute atomic E-state index is 0.248. The van der Waals surface area contributed by atoms with Gasteiger partial charge in [0.1, 0.15) is 5.60 Å². The van der Waals surface area contributed by atoms with E-state index < -0.39 is 11.7 Å². The molecule has 2 atom stereocenters. The van der Waals surface area contributed by atoms with Crippen molar-refractivity contribution >= 4 is 12.1 Å². The zero-order chi connectivity index (χ0) is 15.3. The van der Waals surface area contributed by atoms with Crippen LogP contribution in [0.25, 0.3) is 0 Å². The second-order valence-electron chi connectivity index (χ2n) is 6.26. The Labute approximate surface area is 120 Å². The van der Waals surface area contributed by atoms with Gasteiger partial charge in [0.15, 0.2) is 0 Å². The highest BCUT2D eigenvalue weighted by Gasteiger charge is 2.33. The number of hydrogen-bond acceptors (Lipinski definition) is 5. The van der Waals surface area contributed by atoms with Crippen LogP contribution in [0.2, 0.25) is 0 Å². The maximum Gasteiger partial charge on any atom is 0.407 e. The first-order valence-corrected chi connectivity index (χ1v) is 6.99. The highest BCUT2D eigenvalue weighted by molar-refractivity contribution is 5.75. The molecule has 6 nitrogen and oxygen atoms in total. The number of ether oxygens (including phenoxy) is 2. The van der Waals surface area contributed by atoms with E-state index in [0.29, 0.717) is 12.8 Å². The minimum atomic E-state index is -0.549. The Hall–Kier alpha value is -1.30. The number of methoxy groups -OCH3 is 1. The van der Waals surface area contributed by atoms with E-state index in [1.807, 2.05) is 27.8 Å². The fraction of sp³-hybridized carbons (Fsp3) is 0.857. The van der Waals surface area contributed by atoms with Crippen LogP contribution in [0.3, 0.4) is 0 Å². The van der Waals surface area contributed by atoms with Crippen LogP contribution in [0.15, 0.2) is 0 Å². The van der Waals surface area contributed by atoms with Gasteiger partial charge in [-0.1, -0.05) is 0 Å². The molecule has 1 amide bonds. The van der Waals surface area contributed by atoms with Crippen LogP contribution < -0.4 is 5.32 Å². The number of carbonyl (C=O) groups is 2. The maximum atomic E-state index is 11.9. The summed E-state index contributed by atoms with van der Waals surface area (Å²) in [6.45, 7) is 7.07. The molecule has 0 aromatic heterocycles. The van der Waals surface area contributed by atoms with Crippen molar-refractivity contribution in [2.45, 2.75) is 45.3 Å². The summed E-state index contributed by atoms with van der Waals surface area (Å²) >= 11 is 0. The molecule has 0 aliphatic carbocycles. The average Bonchev–Trinajstić information content (AvgIpc) is 2.49. The Morgan fingerprint density at radius 2 is 1.80 bits per heavy atom. The molecule has 1 aliphatic rings. The van der Waals surface area contributed by atoms with Gasteiger partial charge in [0.05, 0.1) is 13.0 Å². The van der Waals surface area contributed by atoms with Crippen LogP contribution in [0.1, 0.15) is 33.6 Å². The molecule has 0 radical (unpaired) electrons. The second kappa shape index (κ2) is 6.92. The lowest BCUT2D eigenvalue weighted by molar-refractivity contribution is -0.146. The smallest absolute Gasteiger partial charge is 0.407 e. The van der Waals surface area contributed by atoms with Gasteiger partial charge in [-0.2, -0.15) is 0 Å². The van der Waals surface area contributed by atoms with Gasteiger partial charge in [0, 0.05) is 6.04 Å². The Balaban J connectivity index is 2.70. The fourth-order valence-electron chi connectivity index (χ4n) is 2.30. The first kappa shape index (κ1) is 16.8. The number of alkyl carbamates (subject to hydrolysis) is 1. The lowest BCUT2D eigenvalue weighted by Gasteiger charge is -2.26. The normalized spacial score (nSPS) is 24.6. The van der Waals surface area contributed by atoms with Crippen LogP contribution in [0.5, 0.6) is 0 Å². The zero-order valence-corrected chi connectivity index (χ0v) is 13.1. The number of nitrogens with one attached hydrogen (secondary N) is 1. The van der Waals surface area contributed by atoms with Crippen molar-refractivity contribution in [1.82, 2.24) is 10.2 Å². The number of nitrogens with zero attached hydrogens (tertiary/aromatic N) is 1. The maximum absolute atomic E-state index is 11.9. The molecule has 116 valence electrons. The van der Waals surface area contributed by atoms with Gasteiger partial charge in [-0.15, -0.1) is 0 Å². The standard InChI is InChI=1S/C14H26N2O4/c1-14(2,3)20-13(18)15-11-7-9-16(4)8-6-10(11)12(17)19-5/h10-11H,6-9H2,1-5H3,(H,15,18)/t10-,11+/m0/s1. The van der Waals surface area contributed by atoms with Crippen LogP contribution in [0.4, 0.5) is 4.79 Å². The van der Waals surface area contributed by atoms with Gasteiger partial charge in [-0.25, -0.2) is 4.79 Å². The molecular weight excluding hydrogens is 260 g/mol. The predicted octanol–water partition coefficient (Wildman–Crippen LogP) is 1.39. The number of rotatable bonds is 2. The van der Waals surface area contributed by atoms with Gasteiger partial charge in [-0.3, -0.25) is 4.79 Å². The van der Waals surface area contributed by atoms with Gasteiger partial charge in [0.2, 0.25) is 0 Å². The molecule has 0 saturated carbocycles. The third kappa shape index (κ3) is 5.36. The molecule has 6 heteroatoms. The number of carbonyl (C=O) groups excluding carboxylic acids is 2. The Bertz CT molecular complexity index is 352. The van der Waals surface area contributed by atoms with Crippen LogP contribution in [-0.4, -0.2) is 55.9 Å². The molecule has 1 heterocycles. The number of amides is 1. The van der Waals surface area contributed by atoms with E-state index in [4.69, 9.17) is 9.47 Å². The topological polar surface area (TPSA) is 67.9 Å². The molecule has 1 N–H and O–H groups in total. The summed E-state index contributed by atoms with van der Waals surface area (Å²) in [5.74, 6) is -0.598. The monoisotopic (exact) mass is 286 g/mol. The number of hydrogen-bond donors (Lipinski definition) is 1. The highest BCUT2D eigenvalue weighted by Crippen LogP contribution is 2.20. The predicted molar refractivity (Wildman–Crippen MR) is 75.4 cm³/mol. The molecule has 0 bridgehead atoms. The van der Waals surface area contributed by atoms with Gasteiger partial charge in [-0.05, 0) is 53.8 Å². The third-order valence-corrected chi connectivity index (χ3v) is 3.34. The van der Waals surface area contributed by atoms with Crippen molar-refractivity contribution in [3.05, 3.63) is 0 Å². The van der Waals surface area contributed by atoms with Crippen molar-refractivity contribution < 1.29 is 19.1 Å².